The van der Waals surface area contributed by atoms with E-state index in [9.17, 15) is 30.0 Å². The number of amidine groups is 1. The summed E-state index contributed by atoms with van der Waals surface area (Å²) in [6.45, 7) is 0. The molecular formula is C14H11F3N2O4S2. The number of alkyl halides is 3. The molecule has 0 fully saturated rings. The van der Waals surface area contributed by atoms with Crippen molar-refractivity contribution in [1.29, 1.82) is 0 Å². The quantitative estimate of drug-likeness (QED) is 0.638. The predicted molar refractivity (Wildman–Crippen MR) is 84.7 cm³/mol. The van der Waals surface area contributed by atoms with Gasteiger partial charge in [0.25, 0.3) is 10.0 Å². The highest BCUT2D eigenvalue weighted by atomic mass is 32.2. The fourth-order valence-electron chi connectivity index (χ4n) is 1.68. The molecule has 2 aromatic rings. The summed E-state index contributed by atoms with van der Waals surface area (Å²) in [5.74, 6) is -0.957. The second kappa shape index (κ2) is 6.84. The van der Waals surface area contributed by atoms with Gasteiger partial charge in [-0.15, -0.1) is 4.40 Å². The molecule has 0 spiro atoms. The number of nitrogens with one attached hydrogen (secondary N) is 1. The second-order valence-corrected chi connectivity index (χ2v) is 7.92. The van der Waals surface area contributed by atoms with E-state index < -0.39 is 31.4 Å². The van der Waals surface area contributed by atoms with E-state index in [-0.39, 0.29) is 10.5 Å². The van der Waals surface area contributed by atoms with E-state index in [0.29, 0.717) is 0 Å². The lowest BCUT2D eigenvalue weighted by Gasteiger charge is -2.13. The third-order valence-electron chi connectivity index (χ3n) is 2.84. The van der Waals surface area contributed by atoms with Crippen LogP contribution in [-0.4, -0.2) is 28.2 Å². The topological polar surface area (TPSA) is 92.7 Å². The molecular weight excluding hydrogens is 381 g/mol. The van der Waals surface area contributed by atoms with Crippen molar-refractivity contribution in [2.24, 2.45) is 4.40 Å². The Morgan fingerprint density at radius 1 is 0.840 bits per heavy atom. The molecule has 2 aromatic carbocycles. The van der Waals surface area contributed by atoms with Gasteiger partial charge in [0, 0.05) is 5.56 Å². The van der Waals surface area contributed by atoms with Gasteiger partial charge in [-0.2, -0.15) is 30.0 Å². The van der Waals surface area contributed by atoms with Crippen molar-refractivity contribution in [3.63, 3.8) is 0 Å². The highest BCUT2D eigenvalue weighted by Gasteiger charge is 2.46. The maximum Gasteiger partial charge on any atom is 0.516 e. The van der Waals surface area contributed by atoms with Crippen molar-refractivity contribution in [3.05, 3.63) is 66.2 Å². The molecule has 0 saturated heterocycles. The van der Waals surface area contributed by atoms with Gasteiger partial charge in [-0.25, -0.2) is 0 Å². The van der Waals surface area contributed by atoms with E-state index in [4.69, 9.17) is 0 Å². The summed E-state index contributed by atoms with van der Waals surface area (Å²) in [6.07, 6.45) is 0. The zero-order chi connectivity index (χ0) is 18.7. The molecule has 0 saturated carbocycles. The van der Waals surface area contributed by atoms with Gasteiger partial charge in [0.05, 0.1) is 4.90 Å². The van der Waals surface area contributed by atoms with E-state index in [1.54, 1.807) is 0 Å². The van der Waals surface area contributed by atoms with Crippen LogP contribution in [0.1, 0.15) is 5.56 Å². The molecule has 0 aliphatic rings. The summed E-state index contributed by atoms with van der Waals surface area (Å²) in [5.41, 5.74) is -5.77. The largest absolute Gasteiger partial charge is 0.516 e. The van der Waals surface area contributed by atoms with Gasteiger partial charge in [-0.1, -0.05) is 48.5 Å². The molecule has 0 aliphatic carbocycles. The van der Waals surface area contributed by atoms with Gasteiger partial charge in [0.2, 0.25) is 0 Å². The summed E-state index contributed by atoms with van der Waals surface area (Å²) in [7, 11) is -10.3. The van der Waals surface area contributed by atoms with Crippen LogP contribution in [0.4, 0.5) is 13.2 Å². The highest BCUT2D eigenvalue weighted by Crippen LogP contribution is 2.22. The minimum atomic E-state index is -5.84. The lowest BCUT2D eigenvalue weighted by molar-refractivity contribution is -0.0442. The van der Waals surface area contributed by atoms with Crippen molar-refractivity contribution in [1.82, 2.24) is 4.72 Å². The van der Waals surface area contributed by atoms with Crippen LogP contribution in [0.25, 0.3) is 0 Å². The fraction of sp³-hybridized carbons (Fsp3) is 0.0714. The van der Waals surface area contributed by atoms with E-state index in [2.05, 4.69) is 4.40 Å². The van der Waals surface area contributed by atoms with Crippen molar-refractivity contribution in [3.8, 4) is 0 Å². The normalized spacial score (nSPS) is 13.5. The molecule has 0 atom stereocenters. The van der Waals surface area contributed by atoms with Gasteiger partial charge in [0.15, 0.2) is 5.84 Å². The predicted octanol–water partition coefficient (Wildman–Crippen LogP) is 2.26. The average molecular weight is 392 g/mol. The first-order chi connectivity index (χ1) is 11.5. The molecule has 0 amide bonds. The molecule has 6 nitrogen and oxygen atoms in total. The average Bonchev–Trinajstić information content (AvgIpc) is 2.54. The summed E-state index contributed by atoms with van der Waals surface area (Å²) in [4.78, 5) is -0.297. The van der Waals surface area contributed by atoms with Crippen molar-refractivity contribution in [2.45, 2.75) is 10.4 Å². The van der Waals surface area contributed by atoms with Crippen LogP contribution in [0, 0.1) is 0 Å². The minimum absolute atomic E-state index is 0.144. The van der Waals surface area contributed by atoms with E-state index in [1.165, 1.54) is 65.4 Å². The minimum Gasteiger partial charge on any atom is -0.259 e. The monoisotopic (exact) mass is 392 g/mol. The van der Waals surface area contributed by atoms with Gasteiger partial charge >= 0.3 is 15.5 Å². The molecule has 1 N–H and O–H groups in total. The summed E-state index contributed by atoms with van der Waals surface area (Å²) >= 11 is 0. The summed E-state index contributed by atoms with van der Waals surface area (Å²) < 4.78 is 89.5. The van der Waals surface area contributed by atoms with E-state index >= 15 is 0 Å². The number of hydrogen-bond donors (Lipinski definition) is 1. The van der Waals surface area contributed by atoms with Gasteiger partial charge in [-0.3, -0.25) is 4.72 Å². The third-order valence-corrected chi connectivity index (χ3v) is 5.20. The Kier molecular flexibility index (Phi) is 5.18. The third kappa shape index (κ3) is 4.57. The smallest absolute Gasteiger partial charge is 0.259 e. The number of sulfonamides is 2. The Bertz CT molecular complexity index is 972. The Hall–Kier alpha value is -2.40. The van der Waals surface area contributed by atoms with Crippen molar-refractivity contribution in [2.75, 3.05) is 0 Å². The number of halogens is 3. The Labute approximate surface area is 142 Å². The van der Waals surface area contributed by atoms with Crippen LogP contribution in [0.3, 0.4) is 0 Å². The maximum atomic E-state index is 12.6. The van der Waals surface area contributed by atoms with Gasteiger partial charge in [-0.05, 0) is 12.1 Å². The summed E-state index contributed by atoms with van der Waals surface area (Å²) in [6, 6.07) is 13.4. The molecule has 0 aliphatic heterocycles. The summed E-state index contributed by atoms with van der Waals surface area (Å²) in [5, 5.41) is 0. The first-order valence-electron chi connectivity index (χ1n) is 6.57. The molecule has 2 rings (SSSR count). The SMILES string of the molecule is O=S(=O)(N=C(NS(=O)(=O)C(F)(F)F)c1ccccc1)c1ccccc1. The van der Waals surface area contributed by atoms with Gasteiger partial charge < -0.3 is 0 Å². The van der Waals surface area contributed by atoms with Crippen LogP contribution < -0.4 is 4.72 Å². The van der Waals surface area contributed by atoms with Crippen LogP contribution in [-0.2, 0) is 20.0 Å². The zero-order valence-electron chi connectivity index (χ0n) is 12.3. The van der Waals surface area contributed by atoms with E-state index in [1.807, 2.05) is 0 Å². The molecule has 0 heterocycles. The van der Waals surface area contributed by atoms with Crippen LogP contribution in [0.5, 0.6) is 0 Å². The lowest BCUT2D eigenvalue weighted by Crippen LogP contribution is -2.41. The highest BCUT2D eigenvalue weighted by molar-refractivity contribution is 7.91. The second-order valence-electron chi connectivity index (χ2n) is 4.65. The fourth-order valence-corrected chi connectivity index (χ4v) is 3.27. The number of hydrogen-bond acceptors (Lipinski definition) is 4. The van der Waals surface area contributed by atoms with Crippen molar-refractivity contribution >= 4 is 25.9 Å². The molecule has 0 bridgehead atoms. The number of nitrogens with zero attached hydrogens (tertiary/aromatic N) is 1. The standard InChI is InChI=1S/C14H11F3N2O4S2/c15-14(16,17)25(22,23)19-13(11-7-3-1-4-8-11)18-24(20,21)12-9-5-2-6-10-12/h1-10H,(H,18,19). The van der Waals surface area contributed by atoms with Gasteiger partial charge in [0.1, 0.15) is 0 Å². The van der Waals surface area contributed by atoms with Crippen molar-refractivity contribution < 1.29 is 30.0 Å². The molecule has 11 heteroatoms. The van der Waals surface area contributed by atoms with Crippen LogP contribution >= 0.6 is 0 Å². The number of benzene rings is 2. The molecule has 0 radical (unpaired) electrons. The molecule has 0 aromatic heterocycles. The van der Waals surface area contributed by atoms with E-state index in [0.717, 1.165) is 0 Å². The Balaban J connectivity index is 2.57. The van der Waals surface area contributed by atoms with Crippen LogP contribution in [0.15, 0.2) is 70.0 Å². The maximum absolute atomic E-state index is 12.6. The van der Waals surface area contributed by atoms with Crippen LogP contribution in [0.2, 0.25) is 0 Å². The Morgan fingerprint density at radius 3 is 1.80 bits per heavy atom. The lowest BCUT2D eigenvalue weighted by atomic mass is 10.2. The Morgan fingerprint density at radius 2 is 1.32 bits per heavy atom. The first kappa shape index (κ1) is 18.9. The zero-order valence-corrected chi connectivity index (χ0v) is 13.9. The molecule has 134 valence electrons. The number of rotatable bonds is 4. The molecule has 0 unspecified atom stereocenters. The first-order valence-corrected chi connectivity index (χ1v) is 9.50. The molecule has 25 heavy (non-hydrogen) atoms.